The van der Waals surface area contributed by atoms with Crippen LogP contribution in [0.25, 0.3) is 0 Å². The molecule has 0 saturated carbocycles. The average Bonchev–Trinajstić information content (AvgIpc) is 2.33. The predicted octanol–water partition coefficient (Wildman–Crippen LogP) is 2.85. The second kappa shape index (κ2) is 5.31. The molecule has 1 heterocycles. The van der Waals surface area contributed by atoms with Crippen molar-refractivity contribution in [3.8, 4) is 0 Å². The Kier molecular flexibility index (Phi) is 4.24. The number of carbonyl (C=O) groups is 1. The molecule has 1 aliphatic rings. The van der Waals surface area contributed by atoms with Crippen molar-refractivity contribution in [1.29, 1.82) is 0 Å². The van der Waals surface area contributed by atoms with Gasteiger partial charge < -0.3 is 0 Å². The lowest BCUT2D eigenvalue weighted by molar-refractivity contribution is -0.111. The van der Waals surface area contributed by atoms with Crippen molar-refractivity contribution in [2.75, 3.05) is 0 Å². The molecule has 0 atom stereocenters. The Bertz CT molecular complexity index is 611. The molecule has 96 valence electrons. The summed E-state index contributed by atoms with van der Waals surface area (Å²) >= 11 is 0. The number of Topliss-reactive ketones (excluding diaryl/α,β-unsaturated/α-hetero) is 1. The first-order chi connectivity index (χ1) is 8.45. The molecule has 0 bridgehead atoms. The summed E-state index contributed by atoms with van der Waals surface area (Å²) in [5, 5.41) is 0. The third-order valence-electron chi connectivity index (χ3n) is 2.67. The van der Waals surface area contributed by atoms with Gasteiger partial charge in [-0.2, -0.15) is 0 Å². The molecule has 3 nitrogen and oxygen atoms in total. The number of rotatable bonds is 2. The summed E-state index contributed by atoms with van der Waals surface area (Å²) in [6, 6.07) is 0. The Morgan fingerprint density at radius 2 is 1.72 bits per heavy atom. The highest BCUT2D eigenvalue weighted by Crippen LogP contribution is 2.35. The fourth-order valence-corrected chi connectivity index (χ4v) is 3.71. The number of sulfone groups is 1. The van der Waals surface area contributed by atoms with Crippen molar-refractivity contribution in [1.82, 2.24) is 0 Å². The summed E-state index contributed by atoms with van der Waals surface area (Å²) in [5.41, 5.74) is 0.340. The molecule has 1 aliphatic heterocycles. The van der Waals surface area contributed by atoms with Gasteiger partial charge in [-0.25, -0.2) is 8.42 Å². The number of ketones is 1. The summed E-state index contributed by atoms with van der Waals surface area (Å²) in [6.07, 6.45) is 7.29. The highest BCUT2D eigenvalue weighted by Gasteiger charge is 2.36. The van der Waals surface area contributed by atoms with E-state index in [2.05, 4.69) is 6.58 Å². The summed E-state index contributed by atoms with van der Waals surface area (Å²) < 4.78 is 24.8. The highest BCUT2D eigenvalue weighted by atomic mass is 32.2. The SMILES string of the molecule is C=CC1=C(/C=C\C)S(=O)(=O)C(=C/C)/C(=C\C)C1=O. The molecule has 0 saturated heterocycles. The van der Waals surface area contributed by atoms with Gasteiger partial charge >= 0.3 is 0 Å². The summed E-state index contributed by atoms with van der Waals surface area (Å²) in [6.45, 7) is 8.48. The first-order valence-corrected chi connectivity index (χ1v) is 7.06. The van der Waals surface area contributed by atoms with Crippen molar-refractivity contribution < 1.29 is 13.2 Å². The molecule has 0 spiro atoms. The van der Waals surface area contributed by atoms with E-state index in [9.17, 15) is 13.2 Å². The first kappa shape index (κ1) is 14.4. The number of carbonyl (C=O) groups excluding carboxylic acids is 1. The predicted molar refractivity (Wildman–Crippen MR) is 73.5 cm³/mol. The van der Waals surface area contributed by atoms with Gasteiger partial charge in [-0.3, -0.25) is 4.79 Å². The Hall–Kier alpha value is -1.68. The fourth-order valence-electron chi connectivity index (χ4n) is 1.88. The zero-order valence-electron chi connectivity index (χ0n) is 10.7. The number of hydrogen-bond donors (Lipinski definition) is 0. The Balaban J connectivity index is 3.84. The van der Waals surface area contributed by atoms with E-state index in [4.69, 9.17) is 0 Å². The van der Waals surface area contributed by atoms with Crippen LogP contribution in [0, 0.1) is 0 Å². The molecule has 0 aromatic carbocycles. The van der Waals surface area contributed by atoms with Crippen molar-refractivity contribution >= 4 is 15.6 Å². The van der Waals surface area contributed by atoms with Crippen LogP contribution in [-0.2, 0) is 14.6 Å². The molecule has 0 aliphatic carbocycles. The van der Waals surface area contributed by atoms with Crippen LogP contribution in [0.3, 0.4) is 0 Å². The largest absolute Gasteiger partial charge is 0.289 e. The minimum absolute atomic E-state index is 0.0173. The molecule has 0 aromatic heterocycles. The van der Waals surface area contributed by atoms with Crippen LogP contribution in [0.15, 0.2) is 57.9 Å². The van der Waals surface area contributed by atoms with E-state index in [1.165, 1.54) is 24.3 Å². The van der Waals surface area contributed by atoms with Crippen LogP contribution in [0.2, 0.25) is 0 Å². The van der Waals surface area contributed by atoms with Gasteiger partial charge in [0.1, 0.15) is 0 Å². The smallest absolute Gasteiger partial charge is 0.207 e. The maximum absolute atomic E-state index is 12.4. The van der Waals surface area contributed by atoms with Gasteiger partial charge in [0.15, 0.2) is 5.78 Å². The minimum Gasteiger partial charge on any atom is -0.289 e. The van der Waals surface area contributed by atoms with E-state index < -0.39 is 9.84 Å². The second-order valence-electron chi connectivity index (χ2n) is 3.67. The van der Waals surface area contributed by atoms with Gasteiger partial charge in [-0.1, -0.05) is 30.9 Å². The summed E-state index contributed by atoms with van der Waals surface area (Å²) in [5.74, 6) is -0.302. The van der Waals surface area contributed by atoms with Crippen LogP contribution < -0.4 is 0 Å². The van der Waals surface area contributed by atoms with Crippen LogP contribution in [0.1, 0.15) is 20.8 Å². The quantitative estimate of drug-likeness (QED) is 0.721. The van der Waals surface area contributed by atoms with Gasteiger partial charge in [-0.05, 0) is 26.8 Å². The molecule has 1 rings (SSSR count). The molecular weight excluding hydrogens is 248 g/mol. The molecule has 0 aromatic rings. The van der Waals surface area contributed by atoms with Crippen LogP contribution in [0.4, 0.5) is 0 Å². The van der Waals surface area contributed by atoms with E-state index in [-0.39, 0.29) is 26.7 Å². The second-order valence-corrected chi connectivity index (χ2v) is 5.56. The summed E-state index contributed by atoms with van der Waals surface area (Å²) in [4.78, 5) is 12.3. The molecule has 18 heavy (non-hydrogen) atoms. The molecule has 0 fully saturated rings. The molecule has 0 unspecified atom stereocenters. The van der Waals surface area contributed by atoms with E-state index in [1.54, 1.807) is 26.8 Å². The monoisotopic (exact) mass is 264 g/mol. The van der Waals surface area contributed by atoms with E-state index >= 15 is 0 Å². The van der Waals surface area contributed by atoms with Crippen molar-refractivity contribution in [3.63, 3.8) is 0 Å². The standard InChI is InChI=1S/C14H16O3S/c1-5-9-13-11(7-3)14(15)10(6-2)12(8-4)18(13,16)17/h5-9H,3H2,1-2,4H3/b9-5-,10-6+,12-8+. The highest BCUT2D eigenvalue weighted by molar-refractivity contribution is 7.99. The third-order valence-corrected chi connectivity index (χ3v) is 4.64. The Labute approximate surface area is 108 Å². The minimum atomic E-state index is -3.64. The number of hydrogen-bond acceptors (Lipinski definition) is 3. The Morgan fingerprint density at radius 3 is 2.11 bits per heavy atom. The van der Waals surface area contributed by atoms with Crippen LogP contribution in [0.5, 0.6) is 0 Å². The molecule has 4 heteroatoms. The van der Waals surface area contributed by atoms with Gasteiger partial charge in [0.2, 0.25) is 9.84 Å². The lowest BCUT2D eigenvalue weighted by Gasteiger charge is -2.20. The Morgan fingerprint density at radius 1 is 1.11 bits per heavy atom. The zero-order chi connectivity index (χ0) is 13.9. The third kappa shape index (κ3) is 2.04. The summed E-state index contributed by atoms with van der Waals surface area (Å²) in [7, 11) is -3.64. The van der Waals surface area contributed by atoms with Crippen molar-refractivity contribution in [2.45, 2.75) is 20.8 Å². The van der Waals surface area contributed by atoms with Gasteiger partial charge in [0.25, 0.3) is 0 Å². The molecule has 0 amide bonds. The molecular formula is C14H16O3S. The van der Waals surface area contributed by atoms with E-state index in [0.29, 0.717) is 0 Å². The van der Waals surface area contributed by atoms with Gasteiger partial charge in [0, 0.05) is 11.1 Å². The topological polar surface area (TPSA) is 51.2 Å². The lowest BCUT2D eigenvalue weighted by Crippen LogP contribution is -2.23. The van der Waals surface area contributed by atoms with Gasteiger partial charge in [-0.15, -0.1) is 0 Å². The normalized spacial score (nSPS) is 24.3. The number of allylic oxidation sites excluding steroid dienone is 7. The van der Waals surface area contributed by atoms with Crippen molar-refractivity contribution in [3.05, 3.63) is 57.9 Å². The first-order valence-electron chi connectivity index (χ1n) is 5.57. The van der Waals surface area contributed by atoms with Gasteiger partial charge in [0.05, 0.1) is 9.81 Å². The van der Waals surface area contributed by atoms with Crippen molar-refractivity contribution in [2.24, 2.45) is 0 Å². The molecule has 0 N–H and O–H groups in total. The maximum Gasteiger partial charge on any atom is 0.207 e. The zero-order valence-corrected chi connectivity index (χ0v) is 11.5. The fraction of sp³-hybridized carbons (Fsp3) is 0.214. The van der Waals surface area contributed by atoms with E-state index in [1.807, 2.05) is 0 Å². The van der Waals surface area contributed by atoms with Crippen LogP contribution in [-0.4, -0.2) is 14.2 Å². The molecule has 0 radical (unpaired) electrons. The van der Waals surface area contributed by atoms with E-state index in [0.717, 1.165) is 0 Å². The van der Waals surface area contributed by atoms with Crippen LogP contribution >= 0.6 is 0 Å². The lowest BCUT2D eigenvalue weighted by atomic mass is 10.0. The average molecular weight is 264 g/mol. The maximum atomic E-state index is 12.4.